The second-order valence-electron chi connectivity index (χ2n) is 5.35. The van der Waals surface area contributed by atoms with Crippen LogP contribution in [0.1, 0.15) is 19.8 Å². The van der Waals surface area contributed by atoms with Crippen LogP contribution >= 0.6 is 0 Å². The van der Waals surface area contributed by atoms with Crippen molar-refractivity contribution in [1.82, 2.24) is 9.62 Å². The summed E-state index contributed by atoms with van der Waals surface area (Å²) in [6, 6.07) is 4.73. The van der Waals surface area contributed by atoms with Gasteiger partial charge in [-0.25, -0.2) is 13.1 Å². The molecule has 0 amide bonds. The molecule has 1 heterocycles. The van der Waals surface area contributed by atoms with Gasteiger partial charge in [0.25, 0.3) is 0 Å². The largest absolute Gasteiger partial charge is 0.497 e. The molecule has 0 unspecified atom stereocenters. The van der Waals surface area contributed by atoms with Crippen LogP contribution < -0.4 is 14.2 Å². The van der Waals surface area contributed by atoms with Gasteiger partial charge in [0.1, 0.15) is 16.4 Å². The van der Waals surface area contributed by atoms with Crippen molar-refractivity contribution in [2.75, 3.05) is 33.9 Å². The van der Waals surface area contributed by atoms with Gasteiger partial charge in [-0.2, -0.15) is 0 Å². The second kappa shape index (κ2) is 7.30. The Balaban J connectivity index is 2.16. The van der Waals surface area contributed by atoms with Gasteiger partial charge in [0.05, 0.1) is 14.2 Å². The van der Waals surface area contributed by atoms with Crippen LogP contribution in [0.3, 0.4) is 0 Å². The molecular weight excluding hydrogens is 304 g/mol. The first-order valence-electron chi connectivity index (χ1n) is 7.47. The summed E-state index contributed by atoms with van der Waals surface area (Å²) in [6.07, 6.45) is 1.64. The molecule has 1 fully saturated rings. The number of hydrogen-bond acceptors (Lipinski definition) is 5. The van der Waals surface area contributed by atoms with E-state index < -0.39 is 10.0 Å². The average Bonchev–Trinajstić information content (AvgIpc) is 2.54. The van der Waals surface area contributed by atoms with Crippen molar-refractivity contribution >= 4 is 10.0 Å². The predicted molar refractivity (Wildman–Crippen MR) is 85.0 cm³/mol. The molecule has 0 saturated carbocycles. The summed E-state index contributed by atoms with van der Waals surface area (Å²) < 4.78 is 38.4. The summed E-state index contributed by atoms with van der Waals surface area (Å²) in [7, 11) is -0.668. The highest BCUT2D eigenvalue weighted by molar-refractivity contribution is 7.89. The van der Waals surface area contributed by atoms with E-state index >= 15 is 0 Å². The zero-order chi connectivity index (χ0) is 16.2. The maximum Gasteiger partial charge on any atom is 0.244 e. The standard InChI is InChI=1S/C15H24N2O4S/c1-4-17-9-7-12(8-10-17)16-22(18,19)15-11-13(20-2)5-6-14(15)21-3/h5-6,11-12,16H,4,7-10H2,1-3H3. The molecule has 1 saturated heterocycles. The lowest BCUT2D eigenvalue weighted by molar-refractivity contribution is 0.217. The minimum Gasteiger partial charge on any atom is -0.497 e. The lowest BCUT2D eigenvalue weighted by atomic mass is 10.1. The number of rotatable bonds is 6. The van der Waals surface area contributed by atoms with Crippen LogP contribution in [-0.2, 0) is 10.0 Å². The van der Waals surface area contributed by atoms with E-state index in [2.05, 4.69) is 16.5 Å². The van der Waals surface area contributed by atoms with Crippen LogP contribution in [-0.4, -0.2) is 53.2 Å². The van der Waals surface area contributed by atoms with Gasteiger partial charge in [-0.05, 0) is 44.6 Å². The number of ether oxygens (including phenoxy) is 2. The Labute approximate surface area is 132 Å². The highest BCUT2D eigenvalue weighted by atomic mass is 32.2. The Morgan fingerprint density at radius 3 is 2.45 bits per heavy atom. The quantitative estimate of drug-likeness (QED) is 0.856. The SMILES string of the molecule is CCN1CCC(NS(=O)(=O)c2cc(OC)ccc2OC)CC1. The molecule has 0 bridgehead atoms. The number of nitrogens with zero attached hydrogens (tertiary/aromatic N) is 1. The smallest absolute Gasteiger partial charge is 0.244 e. The van der Waals surface area contributed by atoms with E-state index in [4.69, 9.17) is 9.47 Å². The number of nitrogens with one attached hydrogen (secondary N) is 1. The van der Waals surface area contributed by atoms with E-state index in [1.165, 1.54) is 20.3 Å². The number of sulfonamides is 1. The molecule has 1 aliphatic rings. The summed E-state index contributed by atoms with van der Waals surface area (Å²) in [5.41, 5.74) is 0. The molecule has 0 atom stereocenters. The van der Waals surface area contributed by atoms with E-state index in [0.717, 1.165) is 32.5 Å². The molecule has 0 spiro atoms. The fraction of sp³-hybridized carbons (Fsp3) is 0.600. The van der Waals surface area contributed by atoms with Crippen LogP contribution in [0.4, 0.5) is 0 Å². The summed E-state index contributed by atoms with van der Waals surface area (Å²) in [5.74, 6) is 0.807. The lowest BCUT2D eigenvalue weighted by Crippen LogP contribution is -2.44. The minimum atomic E-state index is -3.63. The summed E-state index contributed by atoms with van der Waals surface area (Å²) >= 11 is 0. The van der Waals surface area contributed by atoms with Crippen molar-refractivity contribution in [3.05, 3.63) is 18.2 Å². The van der Waals surface area contributed by atoms with Crippen molar-refractivity contribution in [1.29, 1.82) is 0 Å². The molecule has 1 aliphatic heterocycles. The van der Waals surface area contributed by atoms with Crippen molar-refractivity contribution in [3.8, 4) is 11.5 Å². The van der Waals surface area contributed by atoms with Crippen molar-refractivity contribution < 1.29 is 17.9 Å². The fourth-order valence-electron chi connectivity index (χ4n) is 2.64. The molecule has 22 heavy (non-hydrogen) atoms. The van der Waals surface area contributed by atoms with Crippen LogP contribution in [0, 0.1) is 0 Å². The van der Waals surface area contributed by atoms with Gasteiger partial charge in [0.2, 0.25) is 10.0 Å². The third kappa shape index (κ3) is 3.91. The van der Waals surface area contributed by atoms with Crippen LogP contribution in [0.15, 0.2) is 23.1 Å². The zero-order valence-electron chi connectivity index (χ0n) is 13.3. The van der Waals surface area contributed by atoms with Gasteiger partial charge in [-0.15, -0.1) is 0 Å². The van der Waals surface area contributed by atoms with Gasteiger partial charge in [-0.1, -0.05) is 6.92 Å². The maximum absolute atomic E-state index is 12.6. The lowest BCUT2D eigenvalue weighted by Gasteiger charge is -2.31. The maximum atomic E-state index is 12.6. The van der Waals surface area contributed by atoms with E-state index in [9.17, 15) is 8.42 Å². The van der Waals surface area contributed by atoms with Crippen molar-refractivity contribution in [2.24, 2.45) is 0 Å². The molecule has 124 valence electrons. The van der Waals surface area contributed by atoms with Crippen molar-refractivity contribution in [2.45, 2.75) is 30.7 Å². The Morgan fingerprint density at radius 2 is 1.91 bits per heavy atom. The van der Waals surface area contributed by atoms with E-state index in [1.807, 2.05) is 0 Å². The highest BCUT2D eigenvalue weighted by Crippen LogP contribution is 2.28. The van der Waals surface area contributed by atoms with E-state index in [-0.39, 0.29) is 10.9 Å². The molecule has 1 N–H and O–H groups in total. The first-order chi connectivity index (χ1) is 10.5. The van der Waals surface area contributed by atoms with Gasteiger partial charge in [-0.3, -0.25) is 0 Å². The Bertz CT molecular complexity index is 596. The third-order valence-electron chi connectivity index (χ3n) is 4.02. The van der Waals surface area contributed by atoms with Crippen LogP contribution in [0.5, 0.6) is 11.5 Å². The van der Waals surface area contributed by atoms with E-state index in [0.29, 0.717) is 11.5 Å². The van der Waals surface area contributed by atoms with Crippen LogP contribution in [0.25, 0.3) is 0 Å². The first-order valence-corrected chi connectivity index (χ1v) is 8.95. The van der Waals surface area contributed by atoms with Crippen molar-refractivity contribution in [3.63, 3.8) is 0 Å². The molecule has 0 radical (unpaired) electrons. The number of benzene rings is 1. The number of methoxy groups -OCH3 is 2. The number of piperidine rings is 1. The number of likely N-dealkylation sites (tertiary alicyclic amines) is 1. The van der Waals surface area contributed by atoms with E-state index in [1.54, 1.807) is 12.1 Å². The molecule has 0 aliphatic carbocycles. The van der Waals surface area contributed by atoms with Gasteiger partial charge in [0, 0.05) is 12.1 Å². The fourth-order valence-corrected chi connectivity index (χ4v) is 4.13. The molecule has 2 rings (SSSR count). The highest BCUT2D eigenvalue weighted by Gasteiger charge is 2.26. The second-order valence-corrected chi connectivity index (χ2v) is 7.03. The molecule has 1 aromatic rings. The third-order valence-corrected chi connectivity index (χ3v) is 5.56. The molecule has 6 nitrogen and oxygen atoms in total. The number of hydrogen-bond donors (Lipinski definition) is 1. The topological polar surface area (TPSA) is 67.9 Å². The van der Waals surface area contributed by atoms with Gasteiger partial charge < -0.3 is 14.4 Å². The zero-order valence-corrected chi connectivity index (χ0v) is 14.1. The average molecular weight is 328 g/mol. The Morgan fingerprint density at radius 1 is 1.23 bits per heavy atom. The summed E-state index contributed by atoms with van der Waals surface area (Å²) in [4.78, 5) is 2.43. The Kier molecular flexibility index (Phi) is 5.66. The first kappa shape index (κ1) is 17.1. The van der Waals surface area contributed by atoms with Gasteiger partial charge >= 0.3 is 0 Å². The predicted octanol–water partition coefficient (Wildman–Crippen LogP) is 1.47. The molecule has 1 aromatic carbocycles. The summed E-state index contributed by atoms with van der Waals surface area (Å²) in [6.45, 7) is 4.95. The normalized spacial score (nSPS) is 17.4. The minimum absolute atomic E-state index is 0.0382. The molecule has 0 aromatic heterocycles. The Hall–Kier alpha value is -1.31. The van der Waals surface area contributed by atoms with Gasteiger partial charge in [0.15, 0.2) is 0 Å². The monoisotopic (exact) mass is 328 g/mol. The van der Waals surface area contributed by atoms with Crippen LogP contribution in [0.2, 0.25) is 0 Å². The molecule has 7 heteroatoms. The molecular formula is C15H24N2O4S. The summed E-state index contributed by atoms with van der Waals surface area (Å²) in [5, 5.41) is 0.